The molecule has 0 aromatic rings. The molecule has 2 unspecified atom stereocenters. The van der Waals surface area contributed by atoms with Crippen molar-refractivity contribution in [2.24, 2.45) is 5.92 Å². The quantitative estimate of drug-likeness (QED) is 0.125. The van der Waals surface area contributed by atoms with Crippen molar-refractivity contribution in [2.45, 2.75) is 136 Å². The molecule has 2 atom stereocenters. The molecule has 0 N–H and O–H groups in total. The second-order valence-electron chi connectivity index (χ2n) is 9.33. The van der Waals surface area contributed by atoms with E-state index in [0.717, 1.165) is 32.1 Å². The molecule has 0 bridgehead atoms. The minimum absolute atomic E-state index is 0.0162. The number of carbonyl (C=O) groups excluding carboxylic acids is 2. The van der Waals surface area contributed by atoms with Gasteiger partial charge in [-0.15, -0.1) is 0 Å². The van der Waals surface area contributed by atoms with Crippen molar-refractivity contribution in [1.82, 2.24) is 0 Å². The minimum Gasteiger partial charge on any atom is -0.463 e. The fourth-order valence-corrected chi connectivity index (χ4v) is 4.30. The Bertz CT molecular complexity index is 486. The smallest absolute Gasteiger partial charge is 0.331 e. The molecule has 0 aliphatic heterocycles. The zero-order chi connectivity index (χ0) is 22.6. The van der Waals surface area contributed by atoms with E-state index in [4.69, 9.17) is 9.47 Å². The predicted molar refractivity (Wildman–Crippen MR) is 128 cm³/mol. The van der Waals surface area contributed by atoms with Crippen LogP contribution in [0.25, 0.3) is 0 Å². The van der Waals surface area contributed by atoms with Crippen molar-refractivity contribution in [3.05, 3.63) is 12.2 Å². The first kappa shape index (κ1) is 27.7. The predicted octanol–water partition coefficient (Wildman–Crippen LogP) is 7.69. The summed E-state index contributed by atoms with van der Waals surface area (Å²) in [4.78, 5) is 23.6. The molecule has 1 aliphatic rings. The number of hydrogen-bond acceptors (Lipinski definition) is 4. The van der Waals surface area contributed by atoms with Crippen LogP contribution in [0.5, 0.6) is 0 Å². The molecule has 0 radical (unpaired) electrons. The van der Waals surface area contributed by atoms with E-state index in [0.29, 0.717) is 12.5 Å². The molecule has 1 fully saturated rings. The molecule has 0 aromatic carbocycles. The highest BCUT2D eigenvalue weighted by atomic mass is 16.5. The Hall–Kier alpha value is -1.32. The van der Waals surface area contributed by atoms with E-state index in [1.807, 2.05) is 0 Å². The topological polar surface area (TPSA) is 52.6 Å². The van der Waals surface area contributed by atoms with Gasteiger partial charge in [-0.1, -0.05) is 104 Å². The Kier molecular flexibility index (Phi) is 17.3. The average Bonchev–Trinajstić information content (AvgIpc) is 2.76. The van der Waals surface area contributed by atoms with Gasteiger partial charge >= 0.3 is 11.9 Å². The lowest BCUT2D eigenvalue weighted by atomic mass is 9.88. The van der Waals surface area contributed by atoms with E-state index < -0.39 is 11.9 Å². The molecule has 1 rings (SSSR count). The van der Waals surface area contributed by atoms with E-state index in [2.05, 4.69) is 13.8 Å². The molecule has 1 saturated carbocycles. The van der Waals surface area contributed by atoms with Gasteiger partial charge in [-0.05, 0) is 31.6 Å². The highest BCUT2D eigenvalue weighted by Crippen LogP contribution is 2.26. The summed E-state index contributed by atoms with van der Waals surface area (Å²) in [7, 11) is 0. The van der Waals surface area contributed by atoms with E-state index >= 15 is 0 Å². The van der Waals surface area contributed by atoms with Gasteiger partial charge < -0.3 is 9.47 Å². The molecule has 0 saturated heterocycles. The SMILES string of the molecule is CCCCCCCCCCCCCCCCOC(=O)/C=C/C(=O)OC1CCCCC1C. The Morgan fingerprint density at radius 1 is 0.710 bits per heavy atom. The Morgan fingerprint density at radius 3 is 1.74 bits per heavy atom. The first-order valence-electron chi connectivity index (χ1n) is 13.2. The molecule has 1 aliphatic carbocycles. The fraction of sp³-hybridized carbons (Fsp3) is 0.852. The van der Waals surface area contributed by atoms with Gasteiger partial charge in [-0.2, -0.15) is 0 Å². The first-order valence-corrected chi connectivity index (χ1v) is 13.2. The van der Waals surface area contributed by atoms with Gasteiger partial charge in [0, 0.05) is 12.2 Å². The van der Waals surface area contributed by atoms with Crippen LogP contribution in [0.4, 0.5) is 0 Å². The lowest BCUT2D eigenvalue weighted by Crippen LogP contribution is -2.27. The molecule has 4 nitrogen and oxygen atoms in total. The van der Waals surface area contributed by atoms with Crippen molar-refractivity contribution in [3.63, 3.8) is 0 Å². The van der Waals surface area contributed by atoms with Gasteiger partial charge in [-0.3, -0.25) is 0 Å². The lowest BCUT2D eigenvalue weighted by molar-refractivity contribution is -0.147. The summed E-state index contributed by atoms with van der Waals surface area (Å²) < 4.78 is 10.6. The van der Waals surface area contributed by atoms with Crippen LogP contribution in [0, 0.1) is 5.92 Å². The van der Waals surface area contributed by atoms with Gasteiger partial charge in [0.2, 0.25) is 0 Å². The highest BCUT2D eigenvalue weighted by molar-refractivity contribution is 5.91. The standard InChI is InChI=1S/C27H48O4/c1-3-4-5-6-7-8-9-10-11-12-13-14-15-18-23-30-26(28)21-22-27(29)31-25-20-17-16-19-24(25)2/h21-22,24-25H,3-20,23H2,1-2H3/b22-21+. The monoisotopic (exact) mass is 436 g/mol. The second kappa shape index (κ2) is 19.4. The number of carbonyl (C=O) groups is 2. The molecular weight excluding hydrogens is 388 g/mol. The van der Waals surface area contributed by atoms with Crippen LogP contribution in [-0.4, -0.2) is 24.6 Å². The Morgan fingerprint density at radius 2 is 1.19 bits per heavy atom. The lowest BCUT2D eigenvalue weighted by Gasteiger charge is -2.27. The zero-order valence-electron chi connectivity index (χ0n) is 20.4. The molecule has 0 aromatic heterocycles. The maximum Gasteiger partial charge on any atom is 0.331 e. The molecular formula is C27H48O4. The van der Waals surface area contributed by atoms with Gasteiger partial charge in [0.1, 0.15) is 6.10 Å². The van der Waals surface area contributed by atoms with E-state index in [1.54, 1.807) is 0 Å². The third-order valence-electron chi connectivity index (χ3n) is 6.40. The van der Waals surface area contributed by atoms with Crippen molar-refractivity contribution in [2.75, 3.05) is 6.61 Å². The summed E-state index contributed by atoms with van der Waals surface area (Å²) in [5.41, 5.74) is 0. The summed E-state index contributed by atoms with van der Waals surface area (Å²) in [5.74, 6) is -0.492. The third kappa shape index (κ3) is 16.0. The van der Waals surface area contributed by atoms with Crippen LogP contribution in [0.2, 0.25) is 0 Å². The first-order chi connectivity index (χ1) is 15.1. The van der Waals surface area contributed by atoms with Crippen molar-refractivity contribution >= 4 is 11.9 Å². The average molecular weight is 437 g/mol. The summed E-state index contributed by atoms with van der Waals surface area (Å²) in [6, 6.07) is 0. The van der Waals surface area contributed by atoms with Crippen molar-refractivity contribution < 1.29 is 19.1 Å². The van der Waals surface area contributed by atoms with Crippen LogP contribution >= 0.6 is 0 Å². The summed E-state index contributed by atoms with van der Waals surface area (Å²) in [5, 5.41) is 0. The minimum atomic E-state index is -0.455. The van der Waals surface area contributed by atoms with Crippen LogP contribution in [0.1, 0.15) is 129 Å². The number of unbranched alkanes of at least 4 members (excludes halogenated alkanes) is 13. The number of rotatable bonds is 18. The second-order valence-corrected chi connectivity index (χ2v) is 9.33. The van der Waals surface area contributed by atoms with Crippen molar-refractivity contribution in [3.8, 4) is 0 Å². The van der Waals surface area contributed by atoms with Gasteiger partial charge in [0.15, 0.2) is 0 Å². The maximum absolute atomic E-state index is 11.9. The third-order valence-corrected chi connectivity index (χ3v) is 6.40. The summed E-state index contributed by atoms with van der Waals surface area (Å²) in [6.07, 6.45) is 25.0. The number of esters is 2. The highest BCUT2D eigenvalue weighted by Gasteiger charge is 2.24. The van der Waals surface area contributed by atoms with Crippen LogP contribution < -0.4 is 0 Å². The largest absolute Gasteiger partial charge is 0.463 e. The molecule has 0 spiro atoms. The Balaban J connectivity index is 1.87. The van der Waals surface area contributed by atoms with Crippen LogP contribution in [-0.2, 0) is 19.1 Å². The summed E-state index contributed by atoms with van der Waals surface area (Å²) >= 11 is 0. The molecule has 31 heavy (non-hydrogen) atoms. The maximum atomic E-state index is 11.9. The zero-order valence-corrected chi connectivity index (χ0v) is 20.4. The Labute approximate surface area is 191 Å². The van der Waals surface area contributed by atoms with Gasteiger partial charge in [0.05, 0.1) is 6.61 Å². The van der Waals surface area contributed by atoms with E-state index in [-0.39, 0.29) is 6.10 Å². The fourth-order valence-electron chi connectivity index (χ4n) is 4.30. The number of ether oxygens (including phenoxy) is 2. The molecule has 0 amide bonds. The van der Waals surface area contributed by atoms with Gasteiger partial charge in [0.25, 0.3) is 0 Å². The molecule has 180 valence electrons. The van der Waals surface area contributed by atoms with Crippen LogP contribution in [0.3, 0.4) is 0 Å². The molecule has 0 heterocycles. The van der Waals surface area contributed by atoms with E-state index in [1.165, 1.54) is 95.6 Å². The van der Waals surface area contributed by atoms with Crippen molar-refractivity contribution in [1.29, 1.82) is 0 Å². The van der Waals surface area contributed by atoms with Crippen LogP contribution in [0.15, 0.2) is 12.2 Å². The summed E-state index contributed by atoms with van der Waals surface area (Å²) in [6.45, 7) is 4.81. The number of hydrogen-bond donors (Lipinski definition) is 0. The van der Waals surface area contributed by atoms with E-state index in [9.17, 15) is 9.59 Å². The molecule has 4 heteroatoms. The van der Waals surface area contributed by atoms with Gasteiger partial charge in [-0.25, -0.2) is 9.59 Å². The normalized spacial score (nSPS) is 18.9.